The molecule has 0 heterocycles. The summed E-state index contributed by atoms with van der Waals surface area (Å²) in [5.41, 5.74) is 0.0285. The minimum atomic E-state index is -0.527. The van der Waals surface area contributed by atoms with Gasteiger partial charge in [0.05, 0.1) is 5.56 Å². The minimum absolute atomic E-state index is 0.0285. The predicted molar refractivity (Wildman–Crippen MR) is 70.3 cm³/mol. The lowest BCUT2D eigenvalue weighted by atomic mass is 9.87. The van der Waals surface area contributed by atoms with Crippen LogP contribution in [-0.2, 0) is 0 Å². The van der Waals surface area contributed by atoms with E-state index in [1.165, 1.54) is 24.6 Å². The first-order valence-corrected chi connectivity index (χ1v) is 6.70. The Balaban J connectivity index is 2.05. The van der Waals surface area contributed by atoms with Crippen LogP contribution in [-0.4, -0.2) is 11.9 Å². The van der Waals surface area contributed by atoms with E-state index < -0.39 is 5.82 Å². The van der Waals surface area contributed by atoms with Crippen LogP contribution in [0, 0.1) is 11.7 Å². The second-order valence-electron chi connectivity index (χ2n) is 5.07. The topological polar surface area (TPSA) is 29.1 Å². The second-order valence-corrected chi connectivity index (χ2v) is 5.50. The summed E-state index contributed by atoms with van der Waals surface area (Å²) in [7, 11) is 0. The summed E-state index contributed by atoms with van der Waals surface area (Å²) >= 11 is 5.78. The fourth-order valence-electron chi connectivity index (χ4n) is 2.50. The smallest absolute Gasteiger partial charge is 0.254 e. The largest absolute Gasteiger partial charge is 0.349 e. The van der Waals surface area contributed by atoms with Crippen LogP contribution in [0.25, 0.3) is 0 Å². The molecule has 0 saturated heterocycles. The number of amides is 1. The number of carbonyl (C=O) groups excluding carboxylic acids is 1. The summed E-state index contributed by atoms with van der Waals surface area (Å²) in [5, 5.41) is 3.27. The molecule has 1 aromatic rings. The summed E-state index contributed by atoms with van der Waals surface area (Å²) in [6, 6.07) is 4.19. The van der Waals surface area contributed by atoms with Gasteiger partial charge in [0, 0.05) is 11.1 Å². The number of rotatable bonds is 2. The van der Waals surface area contributed by atoms with Crippen LogP contribution < -0.4 is 5.32 Å². The molecule has 1 amide bonds. The second kappa shape index (κ2) is 5.70. The highest BCUT2D eigenvalue weighted by molar-refractivity contribution is 6.31. The number of hydrogen-bond acceptors (Lipinski definition) is 1. The quantitative estimate of drug-likeness (QED) is 0.870. The minimum Gasteiger partial charge on any atom is -0.349 e. The lowest BCUT2D eigenvalue weighted by Gasteiger charge is -2.27. The Bertz CT molecular complexity index is 449. The fraction of sp³-hybridized carbons (Fsp3) is 0.500. The van der Waals surface area contributed by atoms with Gasteiger partial charge in [0.15, 0.2) is 0 Å². The monoisotopic (exact) mass is 269 g/mol. The van der Waals surface area contributed by atoms with Crippen LogP contribution in [0.5, 0.6) is 0 Å². The molecule has 0 spiro atoms. The van der Waals surface area contributed by atoms with E-state index in [-0.39, 0.29) is 17.5 Å². The number of carbonyl (C=O) groups is 1. The third kappa shape index (κ3) is 3.22. The van der Waals surface area contributed by atoms with Gasteiger partial charge >= 0.3 is 0 Å². The van der Waals surface area contributed by atoms with Crippen molar-refractivity contribution >= 4 is 17.5 Å². The van der Waals surface area contributed by atoms with Gasteiger partial charge in [-0.1, -0.05) is 31.4 Å². The Kier molecular flexibility index (Phi) is 4.23. The molecule has 4 heteroatoms. The Hall–Kier alpha value is -1.09. The highest BCUT2D eigenvalue weighted by atomic mass is 35.5. The lowest BCUT2D eigenvalue weighted by molar-refractivity contribution is 0.0917. The Morgan fingerprint density at radius 3 is 2.94 bits per heavy atom. The van der Waals surface area contributed by atoms with Gasteiger partial charge in [-0.25, -0.2) is 4.39 Å². The van der Waals surface area contributed by atoms with Crippen LogP contribution >= 0.6 is 11.6 Å². The van der Waals surface area contributed by atoms with Crippen molar-refractivity contribution in [3.8, 4) is 0 Å². The first-order chi connectivity index (χ1) is 8.56. The van der Waals surface area contributed by atoms with Gasteiger partial charge in [0.2, 0.25) is 0 Å². The van der Waals surface area contributed by atoms with Crippen LogP contribution in [0.4, 0.5) is 4.39 Å². The SMILES string of the molecule is CC1CCCC(NC(=O)c2cc(Cl)ccc2F)C1. The molecule has 2 nitrogen and oxygen atoms in total. The zero-order valence-electron chi connectivity index (χ0n) is 10.4. The molecule has 0 aromatic heterocycles. The maximum atomic E-state index is 13.5. The van der Waals surface area contributed by atoms with Crippen molar-refractivity contribution in [3.63, 3.8) is 0 Å². The molecule has 1 fully saturated rings. The average molecular weight is 270 g/mol. The van der Waals surface area contributed by atoms with Crippen molar-refractivity contribution in [1.82, 2.24) is 5.32 Å². The molecule has 1 saturated carbocycles. The summed E-state index contributed by atoms with van der Waals surface area (Å²) in [6.07, 6.45) is 4.26. The van der Waals surface area contributed by atoms with Gasteiger partial charge in [-0.05, 0) is 37.0 Å². The zero-order valence-corrected chi connectivity index (χ0v) is 11.1. The summed E-state index contributed by atoms with van der Waals surface area (Å²) < 4.78 is 13.5. The molecule has 2 atom stereocenters. The lowest BCUT2D eigenvalue weighted by Crippen LogP contribution is -2.38. The van der Waals surface area contributed by atoms with Gasteiger partial charge in [-0.15, -0.1) is 0 Å². The van der Waals surface area contributed by atoms with E-state index in [2.05, 4.69) is 12.2 Å². The molecule has 0 bridgehead atoms. The Morgan fingerprint density at radius 1 is 1.44 bits per heavy atom. The molecule has 0 radical (unpaired) electrons. The number of nitrogens with one attached hydrogen (secondary N) is 1. The Labute approximate surface area is 112 Å². The van der Waals surface area contributed by atoms with Crippen molar-refractivity contribution in [2.45, 2.75) is 38.6 Å². The number of halogens is 2. The number of benzene rings is 1. The molecule has 18 heavy (non-hydrogen) atoms. The van der Waals surface area contributed by atoms with Crippen molar-refractivity contribution in [1.29, 1.82) is 0 Å². The molecule has 2 rings (SSSR count). The van der Waals surface area contributed by atoms with Gasteiger partial charge in [0.25, 0.3) is 5.91 Å². The van der Waals surface area contributed by atoms with Crippen LogP contribution in [0.3, 0.4) is 0 Å². The fourth-order valence-corrected chi connectivity index (χ4v) is 2.67. The average Bonchev–Trinajstić information content (AvgIpc) is 2.32. The summed E-state index contributed by atoms with van der Waals surface area (Å²) in [6.45, 7) is 2.18. The number of hydrogen-bond donors (Lipinski definition) is 1. The normalized spacial score (nSPS) is 23.7. The van der Waals surface area contributed by atoms with E-state index in [0.717, 1.165) is 19.3 Å². The third-order valence-electron chi connectivity index (χ3n) is 3.44. The van der Waals surface area contributed by atoms with E-state index in [9.17, 15) is 9.18 Å². The maximum Gasteiger partial charge on any atom is 0.254 e. The van der Waals surface area contributed by atoms with Crippen LogP contribution in [0.1, 0.15) is 43.0 Å². The molecular weight excluding hydrogens is 253 g/mol. The molecule has 1 N–H and O–H groups in total. The maximum absolute atomic E-state index is 13.5. The molecule has 1 aliphatic rings. The third-order valence-corrected chi connectivity index (χ3v) is 3.68. The van der Waals surface area contributed by atoms with Crippen molar-refractivity contribution in [2.24, 2.45) is 5.92 Å². The van der Waals surface area contributed by atoms with E-state index >= 15 is 0 Å². The first kappa shape index (κ1) is 13.3. The van der Waals surface area contributed by atoms with Crippen molar-refractivity contribution < 1.29 is 9.18 Å². The zero-order chi connectivity index (χ0) is 13.1. The summed E-state index contributed by atoms with van der Waals surface area (Å²) in [5.74, 6) is -0.275. The standard InChI is InChI=1S/C14H17ClFNO/c1-9-3-2-4-11(7-9)17-14(18)12-8-10(15)5-6-13(12)16/h5-6,8-9,11H,2-4,7H2,1H3,(H,17,18). The highest BCUT2D eigenvalue weighted by Crippen LogP contribution is 2.24. The van der Waals surface area contributed by atoms with Gasteiger partial charge in [-0.3, -0.25) is 4.79 Å². The van der Waals surface area contributed by atoms with Gasteiger partial charge in [-0.2, -0.15) is 0 Å². The molecule has 1 aliphatic carbocycles. The van der Waals surface area contributed by atoms with E-state index in [0.29, 0.717) is 10.9 Å². The van der Waals surface area contributed by atoms with E-state index in [4.69, 9.17) is 11.6 Å². The molecule has 0 aliphatic heterocycles. The van der Waals surface area contributed by atoms with Crippen molar-refractivity contribution in [2.75, 3.05) is 0 Å². The van der Waals surface area contributed by atoms with E-state index in [1.807, 2.05) is 0 Å². The highest BCUT2D eigenvalue weighted by Gasteiger charge is 2.22. The Morgan fingerprint density at radius 2 is 2.22 bits per heavy atom. The molecular formula is C14H17ClFNO. The van der Waals surface area contributed by atoms with E-state index in [1.54, 1.807) is 0 Å². The van der Waals surface area contributed by atoms with Crippen LogP contribution in [0.15, 0.2) is 18.2 Å². The van der Waals surface area contributed by atoms with Gasteiger partial charge < -0.3 is 5.32 Å². The van der Waals surface area contributed by atoms with Gasteiger partial charge in [0.1, 0.15) is 5.82 Å². The van der Waals surface area contributed by atoms with Crippen molar-refractivity contribution in [3.05, 3.63) is 34.6 Å². The van der Waals surface area contributed by atoms with Crippen LogP contribution in [0.2, 0.25) is 5.02 Å². The molecule has 98 valence electrons. The predicted octanol–water partition coefficient (Wildman–Crippen LogP) is 3.79. The first-order valence-electron chi connectivity index (χ1n) is 6.32. The summed E-state index contributed by atoms with van der Waals surface area (Å²) in [4.78, 5) is 12.0. The molecule has 1 aromatic carbocycles. The molecule has 2 unspecified atom stereocenters.